The third kappa shape index (κ3) is 1.74. The van der Waals surface area contributed by atoms with Gasteiger partial charge in [0.2, 0.25) is 0 Å². The van der Waals surface area contributed by atoms with E-state index in [1.54, 1.807) is 23.5 Å². The molecule has 1 heterocycles. The lowest BCUT2D eigenvalue weighted by atomic mass is 10.2. The maximum absolute atomic E-state index is 10.6. The van der Waals surface area contributed by atoms with Crippen molar-refractivity contribution in [2.45, 2.75) is 23.6 Å². The Morgan fingerprint density at radius 1 is 1.29 bits per heavy atom. The third-order valence-electron chi connectivity index (χ3n) is 2.00. The summed E-state index contributed by atoms with van der Waals surface area (Å²) < 4.78 is 1.11. The summed E-state index contributed by atoms with van der Waals surface area (Å²) in [5.41, 5.74) is 2.09. The molecule has 0 N–H and O–H groups in total. The number of hydrogen-bond donors (Lipinski definition) is 0. The molecule has 0 saturated carbocycles. The van der Waals surface area contributed by atoms with Gasteiger partial charge in [-0.2, -0.15) is 0 Å². The number of rotatable bonds is 1. The molecule has 14 heavy (non-hydrogen) atoms. The van der Waals surface area contributed by atoms with E-state index in [2.05, 4.69) is 25.1 Å². The third-order valence-corrected chi connectivity index (χ3v) is 4.78. The van der Waals surface area contributed by atoms with Gasteiger partial charge in [-0.1, -0.05) is 29.6 Å². The summed E-state index contributed by atoms with van der Waals surface area (Å²) in [5, 5.41) is 0. The maximum Gasteiger partial charge on any atom is 0.147 e. The van der Waals surface area contributed by atoms with Crippen LogP contribution in [0.15, 0.2) is 37.8 Å². The molecule has 0 radical (unpaired) electrons. The van der Waals surface area contributed by atoms with Gasteiger partial charge >= 0.3 is 0 Å². The van der Waals surface area contributed by atoms with Gasteiger partial charge in [-0.15, -0.1) is 0 Å². The van der Waals surface area contributed by atoms with Gasteiger partial charge in [0.1, 0.15) is 6.29 Å². The second-order valence-corrected chi connectivity index (χ2v) is 5.61. The summed E-state index contributed by atoms with van der Waals surface area (Å²) in [6.45, 7) is 3.95. The number of carbonyl (C=O) groups excluding carboxylic acids is 1. The van der Waals surface area contributed by atoms with Crippen LogP contribution in [-0.2, 0) is 4.79 Å². The van der Waals surface area contributed by atoms with E-state index in [-0.39, 0.29) is 0 Å². The average Bonchev–Trinajstić information content (AvgIpc) is 2.59. The van der Waals surface area contributed by atoms with E-state index in [0.717, 1.165) is 16.1 Å². The number of allylic oxidation sites excluding steroid dienone is 1. The van der Waals surface area contributed by atoms with E-state index in [1.165, 1.54) is 15.4 Å². The molecule has 3 heteroatoms. The maximum atomic E-state index is 10.6. The first-order valence-electron chi connectivity index (χ1n) is 4.33. The summed E-state index contributed by atoms with van der Waals surface area (Å²) >= 11 is 3.38. The van der Waals surface area contributed by atoms with Gasteiger partial charge in [0.15, 0.2) is 0 Å². The average molecular weight is 222 g/mol. The molecule has 0 saturated heterocycles. The Morgan fingerprint density at radius 2 is 2.00 bits per heavy atom. The van der Waals surface area contributed by atoms with Crippen molar-refractivity contribution in [2.24, 2.45) is 0 Å². The Kier molecular flexibility index (Phi) is 2.70. The highest BCUT2D eigenvalue weighted by molar-refractivity contribution is 8.24. The van der Waals surface area contributed by atoms with Crippen LogP contribution in [0.2, 0.25) is 0 Å². The van der Waals surface area contributed by atoms with E-state index >= 15 is 0 Å². The molecule has 2 rings (SSSR count). The summed E-state index contributed by atoms with van der Waals surface area (Å²) in [7, 11) is 0. The minimum atomic E-state index is 0.828. The first kappa shape index (κ1) is 9.87. The van der Waals surface area contributed by atoms with E-state index < -0.39 is 0 Å². The first-order valence-corrected chi connectivity index (χ1v) is 5.96. The molecule has 0 bridgehead atoms. The van der Waals surface area contributed by atoms with Gasteiger partial charge in [0.25, 0.3) is 0 Å². The lowest BCUT2D eigenvalue weighted by Crippen LogP contribution is -1.76. The van der Waals surface area contributed by atoms with E-state index in [4.69, 9.17) is 0 Å². The summed E-state index contributed by atoms with van der Waals surface area (Å²) in [6.07, 6.45) is 0.925. The van der Waals surface area contributed by atoms with Gasteiger partial charge in [0.05, 0.1) is 4.24 Å². The molecule has 1 aliphatic heterocycles. The topological polar surface area (TPSA) is 17.1 Å². The van der Waals surface area contributed by atoms with Crippen LogP contribution in [0.4, 0.5) is 0 Å². The van der Waals surface area contributed by atoms with Crippen LogP contribution in [0.1, 0.15) is 12.5 Å². The van der Waals surface area contributed by atoms with Crippen molar-refractivity contribution in [3.8, 4) is 0 Å². The summed E-state index contributed by atoms with van der Waals surface area (Å²) in [6, 6.07) is 6.39. The highest BCUT2D eigenvalue weighted by Crippen LogP contribution is 2.51. The SMILES string of the molecule is C/C(C=O)=C1/Sc2ccc(C)cc2S1. The van der Waals surface area contributed by atoms with Crippen LogP contribution < -0.4 is 0 Å². The predicted octanol–water partition coefficient (Wildman–Crippen LogP) is 3.62. The molecule has 72 valence electrons. The number of benzene rings is 1. The fraction of sp³-hybridized carbons (Fsp3) is 0.182. The Bertz CT molecular complexity index is 421. The lowest BCUT2D eigenvalue weighted by Gasteiger charge is -1.95. The number of fused-ring (bicyclic) bond motifs is 1. The fourth-order valence-corrected chi connectivity index (χ4v) is 3.69. The first-order chi connectivity index (χ1) is 6.70. The van der Waals surface area contributed by atoms with Crippen LogP contribution in [-0.4, -0.2) is 6.29 Å². The molecule has 1 aromatic rings. The van der Waals surface area contributed by atoms with Crippen molar-refractivity contribution in [2.75, 3.05) is 0 Å². The number of hydrogen-bond acceptors (Lipinski definition) is 3. The highest BCUT2D eigenvalue weighted by Gasteiger charge is 2.18. The molecule has 0 aromatic heterocycles. The van der Waals surface area contributed by atoms with Crippen molar-refractivity contribution >= 4 is 29.8 Å². The Labute approximate surface area is 92.0 Å². The molecule has 1 aliphatic rings. The molecular formula is C11H10OS2. The van der Waals surface area contributed by atoms with Gasteiger partial charge in [-0.05, 0) is 31.5 Å². The summed E-state index contributed by atoms with van der Waals surface area (Å²) in [4.78, 5) is 13.2. The largest absolute Gasteiger partial charge is 0.298 e. The minimum Gasteiger partial charge on any atom is -0.298 e. The number of carbonyl (C=O) groups is 1. The quantitative estimate of drug-likeness (QED) is 0.533. The second kappa shape index (κ2) is 3.83. The normalized spacial score (nSPS) is 17.9. The highest BCUT2D eigenvalue weighted by atomic mass is 32.2. The Balaban J connectivity index is 2.39. The Hall–Kier alpha value is -0.670. The van der Waals surface area contributed by atoms with E-state index in [9.17, 15) is 4.79 Å². The van der Waals surface area contributed by atoms with Crippen LogP contribution in [0.5, 0.6) is 0 Å². The molecule has 0 fully saturated rings. The minimum absolute atomic E-state index is 0.828. The van der Waals surface area contributed by atoms with Gasteiger partial charge < -0.3 is 0 Å². The molecular weight excluding hydrogens is 212 g/mol. The van der Waals surface area contributed by atoms with Gasteiger partial charge in [-0.25, -0.2) is 0 Å². The number of aryl methyl sites for hydroxylation is 1. The van der Waals surface area contributed by atoms with Crippen molar-refractivity contribution in [1.29, 1.82) is 0 Å². The standard InChI is InChI=1S/C11H10OS2/c1-7-3-4-9-10(5-7)14-11(13-9)8(2)6-12/h3-6H,1-2H3/b11-8+. The zero-order valence-corrected chi connectivity index (χ0v) is 9.67. The van der Waals surface area contributed by atoms with Crippen LogP contribution >= 0.6 is 23.5 Å². The fourth-order valence-electron chi connectivity index (χ4n) is 1.21. The van der Waals surface area contributed by atoms with Gasteiger partial charge in [-0.3, -0.25) is 4.79 Å². The zero-order valence-electron chi connectivity index (χ0n) is 8.03. The summed E-state index contributed by atoms with van der Waals surface area (Å²) in [5.74, 6) is 0. The predicted molar refractivity (Wildman–Crippen MR) is 61.7 cm³/mol. The molecule has 0 amide bonds. The smallest absolute Gasteiger partial charge is 0.147 e. The lowest BCUT2D eigenvalue weighted by molar-refractivity contribution is -0.104. The monoisotopic (exact) mass is 222 g/mol. The molecule has 0 atom stereocenters. The number of aldehydes is 1. The number of thioether (sulfide) groups is 2. The zero-order chi connectivity index (χ0) is 10.1. The van der Waals surface area contributed by atoms with E-state index in [0.29, 0.717) is 0 Å². The van der Waals surface area contributed by atoms with E-state index in [1.807, 2.05) is 6.92 Å². The Morgan fingerprint density at radius 3 is 2.71 bits per heavy atom. The molecule has 1 nitrogen and oxygen atoms in total. The second-order valence-electron chi connectivity index (χ2n) is 3.24. The molecule has 0 unspecified atom stereocenters. The molecule has 0 spiro atoms. The van der Waals surface area contributed by atoms with Crippen molar-refractivity contribution in [3.63, 3.8) is 0 Å². The van der Waals surface area contributed by atoms with Crippen molar-refractivity contribution in [3.05, 3.63) is 33.6 Å². The van der Waals surface area contributed by atoms with Crippen LogP contribution in [0.3, 0.4) is 0 Å². The van der Waals surface area contributed by atoms with Gasteiger partial charge in [0, 0.05) is 15.4 Å². The molecule has 0 aliphatic carbocycles. The van der Waals surface area contributed by atoms with Crippen LogP contribution in [0, 0.1) is 6.92 Å². The van der Waals surface area contributed by atoms with Crippen molar-refractivity contribution < 1.29 is 4.79 Å². The molecule has 1 aromatic carbocycles. The van der Waals surface area contributed by atoms with Crippen LogP contribution in [0.25, 0.3) is 0 Å². The van der Waals surface area contributed by atoms with Crippen molar-refractivity contribution in [1.82, 2.24) is 0 Å².